The van der Waals surface area contributed by atoms with E-state index in [9.17, 15) is 10.2 Å². The molecule has 0 saturated heterocycles. The summed E-state index contributed by atoms with van der Waals surface area (Å²) in [5, 5.41) is 19.1. The highest BCUT2D eigenvalue weighted by molar-refractivity contribution is 5.39. The number of hydrogen-bond donors (Lipinski definition) is 2. The number of phenols is 2. The van der Waals surface area contributed by atoms with Crippen LogP contribution in [0.1, 0.15) is 32.8 Å². The second-order valence-corrected chi connectivity index (χ2v) is 4.23. The van der Waals surface area contributed by atoms with Crippen LogP contribution in [0.4, 0.5) is 0 Å². The summed E-state index contributed by atoms with van der Waals surface area (Å²) >= 11 is 0. The first kappa shape index (κ1) is 12.8. The van der Waals surface area contributed by atoms with Crippen molar-refractivity contribution in [1.29, 1.82) is 0 Å². The molecule has 0 fully saturated rings. The van der Waals surface area contributed by atoms with Crippen molar-refractivity contribution in [2.75, 3.05) is 6.61 Å². The highest BCUT2D eigenvalue weighted by atomic mass is 16.5. The van der Waals surface area contributed by atoms with Crippen LogP contribution in [0.25, 0.3) is 0 Å². The second kappa shape index (κ2) is 5.21. The van der Waals surface area contributed by atoms with Crippen LogP contribution < -0.4 is 0 Å². The van der Waals surface area contributed by atoms with Crippen LogP contribution >= 0.6 is 0 Å². The lowest BCUT2D eigenvalue weighted by molar-refractivity contribution is -0.0274. The first-order valence-electron chi connectivity index (χ1n) is 5.65. The van der Waals surface area contributed by atoms with Crippen molar-refractivity contribution in [3.63, 3.8) is 0 Å². The minimum atomic E-state index is -0.292. The molecule has 0 radical (unpaired) electrons. The van der Waals surface area contributed by atoms with E-state index in [0.29, 0.717) is 13.0 Å². The van der Waals surface area contributed by atoms with Crippen molar-refractivity contribution in [2.24, 2.45) is 0 Å². The van der Waals surface area contributed by atoms with Gasteiger partial charge >= 0.3 is 0 Å². The zero-order valence-electron chi connectivity index (χ0n) is 10.2. The van der Waals surface area contributed by atoms with Gasteiger partial charge in [0.1, 0.15) is 11.5 Å². The summed E-state index contributed by atoms with van der Waals surface area (Å²) in [4.78, 5) is 0. The van der Waals surface area contributed by atoms with Crippen molar-refractivity contribution >= 4 is 0 Å². The van der Waals surface area contributed by atoms with E-state index in [1.807, 2.05) is 13.8 Å². The topological polar surface area (TPSA) is 49.7 Å². The first-order valence-corrected chi connectivity index (χ1v) is 5.65. The molecule has 1 atom stereocenters. The Morgan fingerprint density at radius 1 is 1.25 bits per heavy atom. The first-order chi connectivity index (χ1) is 7.50. The van der Waals surface area contributed by atoms with Gasteiger partial charge in [-0.3, -0.25) is 0 Å². The quantitative estimate of drug-likeness (QED) is 0.756. The van der Waals surface area contributed by atoms with E-state index in [4.69, 9.17) is 4.74 Å². The molecule has 0 bridgehead atoms. The highest BCUT2D eigenvalue weighted by Crippen LogP contribution is 2.29. The van der Waals surface area contributed by atoms with Gasteiger partial charge in [-0.1, -0.05) is 6.92 Å². The Hall–Kier alpha value is -1.22. The predicted molar refractivity (Wildman–Crippen MR) is 63.8 cm³/mol. The van der Waals surface area contributed by atoms with Crippen LogP contribution in [0.5, 0.6) is 11.5 Å². The summed E-state index contributed by atoms with van der Waals surface area (Å²) in [7, 11) is 0. The molecule has 16 heavy (non-hydrogen) atoms. The Morgan fingerprint density at radius 2 is 1.94 bits per heavy atom. The van der Waals surface area contributed by atoms with Crippen molar-refractivity contribution in [2.45, 2.75) is 39.2 Å². The average Bonchev–Trinajstić information content (AvgIpc) is 2.24. The zero-order chi connectivity index (χ0) is 12.2. The van der Waals surface area contributed by atoms with Crippen molar-refractivity contribution in [3.8, 4) is 11.5 Å². The molecular weight excluding hydrogens is 204 g/mol. The SMILES string of the molecule is CCOC(C)(CC)Cc1cc(O)ccc1O. The minimum absolute atomic E-state index is 0.169. The lowest BCUT2D eigenvalue weighted by Crippen LogP contribution is -2.30. The molecule has 0 aliphatic rings. The molecule has 1 aromatic carbocycles. The summed E-state index contributed by atoms with van der Waals surface area (Å²) < 4.78 is 5.68. The van der Waals surface area contributed by atoms with Crippen molar-refractivity contribution < 1.29 is 14.9 Å². The highest BCUT2D eigenvalue weighted by Gasteiger charge is 2.24. The van der Waals surface area contributed by atoms with E-state index in [1.165, 1.54) is 12.1 Å². The fraction of sp³-hybridized carbons (Fsp3) is 0.538. The van der Waals surface area contributed by atoms with E-state index >= 15 is 0 Å². The summed E-state index contributed by atoms with van der Waals surface area (Å²) in [6.07, 6.45) is 1.45. The van der Waals surface area contributed by atoms with Gasteiger partial charge in [0.25, 0.3) is 0 Å². The number of aromatic hydroxyl groups is 2. The Bertz CT molecular complexity index is 349. The van der Waals surface area contributed by atoms with E-state index in [-0.39, 0.29) is 17.1 Å². The van der Waals surface area contributed by atoms with Gasteiger partial charge in [-0.15, -0.1) is 0 Å². The molecule has 1 unspecified atom stereocenters. The molecular formula is C13H20O3. The summed E-state index contributed by atoms with van der Waals surface area (Å²) in [5.74, 6) is 0.375. The number of rotatable bonds is 5. The largest absolute Gasteiger partial charge is 0.508 e. The van der Waals surface area contributed by atoms with Crippen LogP contribution in [0.3, 0.4) is 0 Å². The van der Waals surface area contributed by atoms with Crippen LogP contribution in [0, 0.1) is 0 Å². The maximum Gasteiger partial charge on any atom is 0.119 e. The van der Waals surface area contributed by atoms with Crippen LogP contribution in [-0.4, -0.2) is 22.4 Å². The van der Waals surface area contributed by atoms with Crippen LogP contribution in [-0.2, 0) is 11.2 Å². The fourth-order valence-electron chi connectivity index (χ4n) is 1.74. The normalized spacial score (nSPS) is 14.7. The van der Waals surface area contributed by atoms with Crippen LogP contribution in [0.15, 0.2) is 18.2 Å². The van der Waals surface area contributed by atoms with Crippen molar-refractivity contribution in [3.05, 3.63) is 23.8 Å². The molecule has 0 aromatic heterocycles. The average molecular weight is 224 g/mol. The van der Waals surface area contributed by atoms with Crippen LogP contribution in [0.2, 0.25) is 0 Å². The van der Waals surface area contributed by atoms with Gasteiger partial charge in [0.05, 0.1) is 5.60 Å². The second-order valence-electron chi connectivity index (χ2n) is 4.23. The smallest absolute Gasteiger partial charge is 0.119 e. The predicted octanol–water partition coefficient (Wildman–Crippen LogP) is 2.85. The number of benzene rings is 1. The third-order valence-corrected chi connectivity index (χ3v) is 2.87. The minimum Gasteiger partial charge on any atom is -0.508 e. The maximum atomic E-state index is 9.70. The van der Waals surface area contributed by atoms with Gasteiger partial charge < -0.3 is 14.9 Å². The number of ether oxygens (including phenoxy) is 1. The molecule has 0 saturated carbocycles. The van der Waals surface area contributed by atoms with E-state index in [2.05, 4.69) is 6.92 Å². The molecule has 3 heteroatoms. The summed E-state index contributed by atoms with van der Waals surface area (Å²) in [6, 6.07) is 4.57. The molecule has 90 valence electrons. The maximum absolute atomic E-state index is 9.70. The third kappa shape index (κ3) is 3.14. The Labute approximate surface area is 96.7 Å². The molecule has 0 aliphatic heterocycles. The summed E-state index contributed by atoms with van der Waals surface area (Å²) in [5.41, 5.74) is 0.429. The van der Waals surface area contributed by atoms with Gasteiger partial charge in [-0.25, -0.2) is 0 Å². The molecule has 3 nitrogen and oxygen atoms in total. The molecule has 2 N–H and O–H groups in total. The van der Waals surface area contributed by atoms with E-state index in [0.717, 1.165) is 12.0 Å². The molecule has 0 spiro atoms. The molecule has 1 aromatic rings. The van der Waals surface area contributed by atoms with Gasteiger partial charge in [0.2, 0.25) is 0 Å². The van der Waals surface area contributed by atoms with Gasteiger partial charge in [-0.2, -0.15) is 0 Å². The molecule has 0 amide bonds. The van der Waals surface area contributed by atoms with E-state index in [1.54, 1.807) is 6.07 Å². The third-order valence-electron chi connectivity index (χ3n) is 2.87. The monoisotopic (exact) mass is 224 g/mol. The molecule has 0 aliphatic carbocycles. The number of phenolic OH excluding ortho intramolecular Hbond substituents is 2. The number of hydrogen-bond acceptors (Lipinski definition) is 3. The van der Waals surface area contributed by atoms with Crippen molar-refractivity contribution in [1.82, 2.24) is 0 Å². The Kier molecular flexibility index (Phi) is 4.19. The van der Waals surface area contributed by atoms with Gasteiger partial charge in [-0.05, 0) is 38.5 Å². The lowest BCUT2D eigenvalue weighted by atomic mass is 9.93. The standard InChI is InChI=1S/C13H20O3/c1-4-13(3,16-5-2)9-10-8-11(14)6-7-12(10)15/h6-8,14-15H,4-5,9H2,1-3H3. The van der Waals surface area contributed by atoms with E-state index < -0.39 is 0 Å². The van der Waals surface area contributed by atoms with Gasteiger partial charge in [0, 0.05) is 18.6 Å². The lowest BCUT2D eigenvalue weighted by Gasteiger charge is -2.28. The molecule has 1 rings (SSSR count). The molecule has 0 heterocycles. The Morgan fingerprint density at radius 3 is 2.50 bits per heavy atom. The fourth-order valence-corrected chi connectivity index (χ4v) is 1.74. The van der Waals surface area contributed by atoms with Gasteiger partial charge in [0.15, 0.2) is 0 Å². The zero-order valence-corrected chi connectivity index (χ0v) is 10.2. The Balaban J connectivity index is 2.89. The summed E-state index contributed by atoms with van der Waals surface area (Å²) in [6.45, 7) is 6.66.